The molecule has 2 heterocycles. The SMILES string of the molecule is CC(C)(O)CN1CCN(Cc2nnsc2NN)CC1. The number of hydrogen-bond acceptors (Lipinski definition) is 8. The molecule has 0 radical (unpaired) electrons. The molecule has 1 aliphatic heterocycles. The second-order valence-electron chi connectivity index (χ2n) is 5.56. The molecular weight excluding hydrogens is 264 g/mol. The van der Waals surface area contributed by atoms with E-state index < -0.39 is 5.60 Å². The Labute approximate surface area is 117 Å². The van der Waals surface area contributed by atoms with Crippen LogP contribution in [0.15, 0.2) is 0 Å². The summed E-state index contributed by atoms with van der Waals surface area (Å²) in [5.74, 6) is 5.42. The summed E-state index contributed by atoms with van der Waals surface area (Å²) in [7, 11) is 0. The van der Waals surface area contributed by atoms with Crippen molar-refractivity contribution in [3.05, 3.63) is 5.69 Å². The Kier molecular flexibility index (Phi) is 4.69. The molecule has 1 aliphatic rings. The first-order valence-electron chi connectivity index (χ1n) is 6.43. The van der Waals surface area contributed by atoms with Crippen molar-refractivity contribution in [3.8, 4) is 0 Å². The quantitative estimate of drug-likeness (QED) is 0.506. The van der Waals surface area contributed by atoms with E-state index in [1.54, 1.807) is 0 Å². The number of piperazine rings is 1. The van der Waals surface area contributed by atoms with E-state index in [-0.39, 0.29) is 0 Å². The molecule has 1 aromatic rings. The first-order valence-corrected chi connectivity index (χ1v) is 7.20. The van der Waals surface area contributed by atoms with Crippen LogP contribution in [0.5, 0.6) is 0 Å². The minimum absolute atomic E-state index is 0.627. The van der Waals surface area contributed by atoms with Gasteiger partial charge in [0.05, 0.1) is 5.60 Å². The number of rotatable bonds is 5. The summed E-state index contributed by atoms with van der Waals surface area (Å²) in [5.41, 5.74) is 2.91. The Morgan fingerprint density at radius 1 is 1.32 bits per heavy atom. The highest BCUT2D eigenvalue weighted by molar-refractivity contribution is 7.10. The number of anilines is 1. The number of aliphatic hydroxyl groups is 1. The van der Waals surface area contributed by atoms with Crippen LogP contribution in [0.2, 0.25) is 0 Å². The van der Waals surface area contributed by atoms with Crippen molar-refractivity contribution in [2.75, 3.05) is 38.1 Å². The highest BCUT2D eigenvalue weighted by atomic mass is 32.1. The zero-order valence-corrected chi connectivity index (χ0v) is 12.3. The van der Waals surface area contributed by atoms with Gasteiger partial charge in [-0.2, -0.15) is 0 Å². The van der Waals surface area contributed by atoms with Crippen LogP contribution in [-0.2, 0) is 6.54 Å². The van der Waals surface area contributed by atoms with E-state index >= 15 is 0 Å². The lowest BCUT2D eigenvalue weighted by Gasteiger charge is -2.37. The van der Waals surface area contributed by atoms with Crippen LogP contribution in [0.3, 0.4) is 0 Å². The van der Waals surface area contributed by atoms with Gasteiger partial charge in [0.1, 0.15) is 10.7 Å². The van der Waals surface area contributed by atoms with E-state index in [0.717, 1.165) is 43.4 Å². The standard InChI is InChI=1S/C11H22N6OS/c1-11(2,18)8-17-5-3-16(4-6-17)7-9-10(13-12)19-15-14-9/h13,18H,3-8,12H2,1-2H3. The Balaban J connectivity index is 1.80. The predicted octanol–water partition coefficient (Wildman–Crippen LogP) is -0.288. The first-order chi connectivity index (χ1) is 8.98. The molecule has 1 saturated heterocycles. The van der Waals surface area contributed by atoms with Crippen LogP contribution in [0.4, 0.5) is 5.00 Å². The van der Waals surface area contributed by atoms with Crippen LogP contribution in [-0.4, -0.2) is 62.8 Å². The fourth-order valence-corrected chi connectivity index (χ4v) is 2.77. The number of hydrogen-bond donors (Lipinski definition) is 3. The van der Waals surface area contributed by atoms with E-state index in [9.17, 15) is 5.11 Å². The monoisotopic (exact) mass is 286 g/mol. The van der Waals surface area contributed by atoms with Gasteiger partial charge in [-0.25, -0.2) is 5.84 Å². The Bertz CT molecular complexity index is 396. The van der Waals surface area contributed by atoms with E-state index in [1.807, 2.05) is 13.8 Å². The van der Waals surface area contributed by atoms with Crippen LogP contribution in [0.1, 0.15) is 19.5 Å². The van der Waals surface area contributed by atoms with Gasteiger partial charge in [-0.05, 0) is 13.8 Å². The molecule has 108 valence electrons. The molecule has 0 unspecified atom stereocenters. The largest absolute Gasteiger partial charge is 0.389 e. The number of nitrogens with two attached hydrogens (primary N) is 1. The number of nitrogens with zero attached hydrogens (tertiary/aromatic N) is 4. The van der Waals surface area contributed by atoms with E-state index in [1.165, 1.54) is 11.5 Å². The molecule has 0 aliphatic carbocycles. The second kappa shape index (κ2) is 6.10. The van der Waals surface area contributed by atoms with Crippen molar-refractivity contribution in [1.82, 2.24) is 19.4 Å². The van der Waals surface area contributed by atoms with Gasteiger partial charge in [-0.3, -0.25) is 9.80 Å². The van der Waals surface area contributed by atoms with Crippen molar-refractivity contribution >= 4 is 16.5 Å². The zero-order valence-electron chi connectivity index (χ0n) is 11.5. The van der Waals surface area contributed by atoms with Crippen molar-refractivity contribution < 1.29 is 5.11 Å². The summed E-state index contributed by atoms with van der Waals surface area (Å²) < 4.78 is 3.90. The predicted molar refractivity (Wildman–Crippen MR) is 75.7 cm³/mol. The molecule has 19 heavy (non-hydrogen) atoms. The Hall–Kier alpha value is -0.800. The lowest BCUT2D eigenvalue weighted by atomic mass is 10.1. The molecular formula is C11H22N6OS. The summed E-state index contributed by atoms with van der Waals surface area (Å²) in [6.07, 6.45) is 0. The lowest BCUT2D eigenvalue weighted by molar-refractivity contribution is 0.0165. The van der Waals surface area contributed by atoms with Gasteiger partial charge in [0, 0.05) is 50.8 Å². The van der Waals surface area contributed by atoms with E-state index in [2.05, 4.69) is 24.8 Å². The number of hydrazine groups is 1. The number of nitrogen functional groups attached to an aromatic ring is 1. The molecule has 0 aromatic carbocycles. The van der Waals surface area contributed by atoms with Gasteiger partial charge >= 0.3 is 0 Å². The van der Waals surface area contributed by atoms with Crippen LogP contribution in [0.25, 0.3) is 0 Å². The molecule has 1 aromatic heterocycles. The minimum Gasteiger partial charge on any atom is -0.389 e. The molecule has 8 heteroatoms. The van der Waals surface area contributed by atoms with Gasteiger partial charge in [0.15, 0.2) is 0 Å². The third-order valence-electron chi connectivity index (χ3n) is 3.14. The van der Waals surface area contributed by atoms with Crippen molar-refractivity contribution in [2.45, 2.75) is 26.0 Å². The minimum atomic E-state index is -0.627. The lowest BCUT2D eigenvalue weighted by Crippen LogP contribution is -2.50. The van der Waals surface area contributed by atoms with E-state index in [4.69, 9.17) is 5.84 Å². The normalized spacial score (nSPS) is 18.7. The van der Waals surface area contributed by atoms with Crippen molar-refractivity contribution in [3.63, 3.8) is 0 Å². The molecule has 0 saturated carbocycles. The summed E-state index contributed by atoms with van der Waals surface area (Å²) in [4.78, 5) is 4.62. The maximum absolute atomic E-state index is 9.82. The topological polar surface area (TPSA) is 90.5 Å². The van der Waals surface area contributed by atoms with Crippen LogP contribution >= 0.6 is 11.5 Å². The van der Waals surface area contributed by atoms with Gasteiger partial charge in [-0.15, -0.1) is 5.10 Å². The third kappa shape index (κ3) is 4.36. The molecule has 2 rings (SSSR count). The molecule has 0 bridgehead atoms. The van der Waals surface area contributed by atoms with Crippen molar-refractivity contribution in [2.24, 2.45) is 5.84 Å². The van der Waals surface area contributed by atoms with Gasteiger partial charge in [-0.1, -0.05) is 4.49 Å². The smallest absolute Gasteiger partial charge is 0.148 e. The molecule has 1 fully saturated rings. The molecule has 7 nitrogen and oxygen atoms in total. The zero-order chi connectivity index (χ0) is 13.9. The van der Waals surface area contributed by atoms with Crippen molar-refractivity contribution in [1.29, 1.82) is 0 Å². The molecule has 4 N–H and O–H groups in total. The number of nitrogens with one attached hydrogen (secondary N) is 1. The molecule has 0 atom stereocenters. The average molecular weight is 286 g/mol. The van der Waals surface area contributed by atoms with E-state index in [0.29, 0.717) is 6.54 Å². The fraction of sp³-hybridized carbons (Fsp3) is 0.818. The molecule has 0 amide bonds. The highest BCUT2D eigenvalue weighted by Gasteiger charge is 2.23. The van der Waals surface area contributed by atoms with Gasteiger partial charge < -0.3 is 10.5 Å². The number of aromatic nitrogens is 2. The third-order valence-corrected chi connectivity index (χ3v) is 3.84. The Morgan fingerprint density at radius 3 is 2.53 bits per heavy atom. The van der Waals surface area contributed by atoms with Crippen LogP contribution in [0, 0.1) is 0 Å². The van der Waals surface area contributed by atoms with Crippen LogP contribution < -0.4 is 11.3 Å². The average Bonchev–Trinajstić information content (AvgIpc) is 2.77. The summed E-state index contributed by atoms with van der Waals surface area (Å²) in [6.45, 7) is 9.05. The first kappa shape index (κ1) is 14.6. The molecule has 0 spiro atoms. The maximum Gasteiger partial charge on any atom is 0.148 e. The number of β-amino-alcohol motifs (C(OH)–C–C–N with tert-alkyl or cyclic N) is 1. The summed E-state index contributed by atoms with van der Waals surface area (Å²) >= 11 is 1.28. The Morgan fingerprint density at radius 2 is 1.95 bits per heavy atom. The van der Waals surface area contributed by atoms with Gasteiger partial charge in [0.2, 0.25) is 0 Å². The summed E-state index contributed by atoms with van der Waals surface area (Å²) in [6, 6.07) is 0. The maximum atomic E-state index is 9.82. The second-order valence-corrected chi connectivity index (χ2v) is 6.31. The highest BCUT2D eigenvalue weighted by Crippen LogP contribution is 2.18. The fourth-order valence-electron chi connectivity index (χ4n) is 2.29. The summed E-state index contributed by atoms with van der Waals surface area (Å²) in [5, 5.41) is 14.7. The van der Waals surface area contributed by atoms with Gasteiger partial charge in [0.25, 0.3) is 0 Å².